The minimum absolute atomic E-state index is 0.558. The molecule has 1 aromatic heterocycles. The zero-order valence-electron chi connectivity index (χ0n) is 12.6. The van der Waals surface area contributed by atoms with E-state index in [0.29, 0.717) is 23.9 Å². The van der Waals surface area contributed by atoms with Gasteiger partial charge in [0.2, 0.25) is 0 Å². The standard InChI is InChI=1S/C10H12N6.C4H4O4/c11-15-14-8-1-9(4-13-3-8)16-6-7-2-12-5-10(7)16;5-3(6)1-2-4(7)8/h1,3-4,7,10,12H,2,5-6H2;1-2H,(H,5,6)(H,7,8)/b;2-1+/t7-,10-;/m1./s1. The van der Waals surface area contributed by atoms with Crippen LogP contribution in [-0.2, 0) is 9.59 Å². The lowest BCUT2D eigenvalue weighted by Crippen LogP contribution is -2.55. The molecule has 10 nitrogen and oxygen atoms in total. The molecule has 24 heavy (non-hydrogen) atoms. The smallest absolute Gasteiger partial charge is 0.328 e. The van der Waals surface area contributed by atoms with E-state index >= 15 is 0 Å². The van der Waals surface area contributed by atoms with Crippen LogP contribution in [0.3, 0.4) is 0 Å². The number of azide groups is 1. The normalized spacial score (nSPS) is 21.1. The SMILES string of the molecule is O=C(O)/C=C/C(=O)O.[N-]=[N+]=Nc1cncc(N2C[C@H]3CNC[C@H]32)c1. The van der Waals surface area contributed by atoms with E-state index in [1.807, 2.05) is 12.3 Å². The van der Waals surface area contributed by atoms with E-state index in [-0.39, 0.29) is 0 Å². The number of anilines is 1. The summed E-state index contributed by atoms with van der Waals surface area (Å²) in [6.07, 6.45) is 4.52. The van der Waals surface area contributed by atoms with Crippen LogP contribution in [0.25, 0.3) is 10.4 Å². The lowest BCUT2D eigenvalue weighted by molar-refractivity contribution is -0.134. The maximum absolute atomic E-state index is 9.55. The first-order valence-electron chi connectivity index (χ1n) is 7.12. The van der Waals surface area contributed by atoms with Gasteiger partial charge in [0.25, 0.3) is 0 Å². The van der Waals surface area contributed by atoms with Gasteiger partial charge in [-0.25, -0.2) is 9.59 Å². The number of hydrogen-bond donors (Lipinski definition) is 3. The number of carboxylic acid groups (broad SMARTS) is 2. The van der Waals surface area contributed by atoms with Crippen LogP contribution in [0.15, 0.2) is 35.7 Å². The number of pyridine rings is 1. The average Bonchev–Trinajstić information content (AvgIpc) is 2.88. The van der Waals surface area contributed by atoms with Crippen LogP contribution in [-0.4, -0.2) is 52.8 Å². The number of nitrogens with one attached hydrogen (secondary N) is 1. The number of aliphatic carboxylic acids is 2. The summed E-state index contributed by atoms with van der Waals surface area (Å²) in [5.41, 5.74) is 10.0. The average molecular weight is 332 g/mol. The Morgan fingerprint density at radius 3 is 2.62 bits per heavy atom. The highest BCUT2D eigenvalue weighted by Gasteiger charge is 2.42. The van der Waals surface area contributed by atoms with Crippen molar-refractivity contribution in [3.63, 3.8) is 0 Å². The highest BCUT2D eigenvalue weighted by atomic mass is 16.4. The van der Waals surface area contributed by atoms with Gasteiger partial charge in [0.15, 0.2) is 0 Å². The molecular weight excluding hydrogens is 316 g/mol. The topological polar surface area (TPSA) is 152 Å². The van der Waals surface area contributed by atoms with E-state index in [1.54, 1.807) is 6.20 Å². The van der Waals surface area contributed by atoms with Gasteiger partial charge >= 0.3 is 11.9 Å². The van der Waals surface area contributed by atoms with Gasteiger partial charge in [-0.3, -0.25) is 4.98 Å². The number of rotatable bonds is 4. The lowest BCUT2D eigenvalue weighted by atomic mass is 9.91. The second-order valence-electron chi connectivity index (χ2n) is 5.24. The van der Waals surface area contributed by atoms with Gasteiger partial charge in [0, 0.05) is 54.9 Å². The summed E-state index contributed by atoms with van der Waals surface area (Å²) in [6.45, 7) is 3.22. The number of carbonyl (C=O) groups is 2. The molecule has 2 atom stereocenters. The molecule has 2 aliphatic heterocycles. The van der Waals surface area contributed by atoms with Gasteiger partial charge in [-0.2, -0.15) is 0 Å². The van der Waals surface area contributed by atoms with Crippen molar-refractivity contribution in [1.29, 1.82) is 0 Å². The van der Waals surface area contributed by atoms with Crippen molar-refractivity contribution in [1.82, 2.24) is 10.3 Å². The number of fused-ring (bicyclic) bond motifs is 1. The van der Waals surface area contributed by atoms with E-state index in [9.17, 15) is 9.59 Å². The number of hydrogen-bond acceptors (Lipinski definition) is 6. The fraction of sp³-hybridized carbons (Fsp3) is 0.357. The van der Waals surface area contributed by atoms with Crippen LogP contribution in [0, 0.1) is 5.92 Å². The van der Waals surface area contributed by atoms with Crippen molar-refractivity contribution < 1.29 is 19.8 Å². The van der Waals surface area contributed by atoms with E-state index < -0.39 is 11.9 Å². The molecule has 3 heterocycles. The third-order valence-electron chi connectivity index (χ3n) is 3.71. The first kappa shape index (κ1) is 17.3. The van der Waals surface area contributed by atoms with Gasteiger partial charge in [0.05, 0.1) is 17.6 Å². The molecule has 0 aliphatic carbocycles. The summed E-state index contributed by atoms with van der Waals surface area (Å²) in [4.78, 5) is 28.3. The van der Waals surface area contributed by atoms with Crippen molar-refractivity contribution in [2.45, 2.75) is 6.04 Å². The number of carboxylic acids is 2. The maximum Gasteiger partial charge on any atom is 0.328 e. The van der Waals surface area contributed by atoms with Gasteiger partial charge in [-0.15, -0.1) is 0 Å². The van der Waals surface area contributed by atoms with Crippen LogP contribution in [0.2, 0.25) is 0 Å². The van der Waals surface area contributed by atoms with Crippen LogP contribution in [0.4, 0.5) is 11.4 Å². The molecular formula is C14H16N6O4. The van der Waals surface area contributed by atoms with Gasteiger partial charge in [-0.05, 0) is 11.6 Å². The fourth-order valence-electron chi connectivity index (χ4n) is 2.64. The van der Waals surface area contributed by atoms with Crippen molar-refractivity contribution >= 4 is 23.3 Å². The van der Waals surface area contributed by atoms with Crippen LogP contribution >= 0.6 is 0 Å². The van der Waals surface area contributed by atoms with E-state index in [0.717, 1.165) is 31.2 Å². The summed E-state index contributed by atoms with van der Waals surface area (Å²) in [6, 6.07) is 2.48. The molecule has 0 unspecified atom stereocenters. The van der Waals surface area contributed by atoms with Crippen molar-refractivity contribution in [2.24, 2.45) is 11.0 Å². The lowest BCUT2D eigenvalue weighted by Gasteiger charge is -2.45. The Morgan fingerprint density at radius 2 is 2.04 bits per heavy atom. The monoisotopic (exact) mass is 332 g/mol. The van der Waals surface area contributed by atoms with Crippen LogP contribution < -0.4 is 10.2 Å². The van der Waals surface area contributed by atoms with Crippen molar-refractivity contribution in [3.8, 4) is 0 Å². The molecule has 3 rings (SSSR count). The van der Waals surface area contributed by atoms with E-state index in [1.165, 1.54) is 0 Å². The predicted octanol–water partition coefficient (Wildman–Crippen LogP) is 1.14. The Morgan fingerprint density at radius 1 is 1.33 bits per heavy atom. The number of nitrogens with zero attached hydrogens (tertiary/aromatic N) is 5. The van der Waals surface area contributed by atoms with E-state index in [4.69, 9.17) is 15.7 Å². The molecule has 2 fully saturated rings. The molecule has 0 aromatic carbocycles. The highest BCUT2D eigenvalue weighted by molar-refractivity contribution is 5.89. The van der Waals surface area contributed by atoms with Crippen molar-refractivity contribution in [3.05, 3.63) is 41.1 Å². The Bertz CT molecular complexity index is 684. The Hall–Kier alpha value is -3.10. The molecule has 2 aliphatic rings. The predicted molar refractivity (Wildman–Crippen MR) is 84.9 cm³/mol. The molecule has 0 bridgehead atoms. The highest BCUT2D eigenvalue weighted by Crippen LogP contribution is 2.34. The summed E-state index contributed by atoms with van der Waals surface area (Å²) < 4.78 is 0. The fourth-order valence-corrected chi connectivity index (χ4v) is 2.64. The Kier molecular flexibility index (Phi) is 5.72. The summed E-state index contributed by atoms with van der Waals surface area (Å²) >= 11 is 0. The Balaban J connectivity index is 0.000000224. The van der Waals surface area contributed by atoms with Crippen LogP contribution in [0.5, 0.6) is 0 Å². The minimum Gasteiger partial charge on any atom is -0.478 e. The summed E-state index contributed by atoms with van der Waals surface area (Å²) in [7, 11) is 0. The third kappa shape index (κ3) is 4.45. The molecule has 2 saturated heterocycles. The van der Waals surface area contributed by atoms with Crippen molar-refractivity contribution in [2.75, 3.05) is 24.5 Å². The largest absolute Gasteiger partial charge is 0.478 e. The third-order valence-corrected chi connectivity index (χ3v) is 3.71. The molecule has 3 N–H and O–H groups in total. The second-order valence-corrected chi connectivity index (χ2v) is 5.24. The maximum atomic E-state index is 9.55. The zero-order chi connectivity index (χ0) is 17.5. The van der Waals surface area contributed by atoms with E-state index in [2.05, 4.69) is 25.2 Å². The molecule has 0 saturated carbocycles. The quantitative estimate of drug-likeness (QED) is 0.323. The Labute approximate surface area is 137 Å². The zero-order valence-corrected chi connectivity index (χ0v) is 12.6. The minimum atomic E-state index is -1.26. The molecule has 0 amide bonds. The van der Waals surface area contributed by atoms with Crippen LogP contribution in [0.1, 0.15) is 0 Å². The first-order chi connectivity index (χ1) is 11.5. The molecule has 1 aromatic rings. The molecule has 0 radical (unpaired) electrons. The molecule has 126 valence electrons. The molecule has 0 spiro atoms. The van der Waals surface area contributed by atoms with Gasteiger partial charge in [-0.1, -0.05) is 5.11 Å². The first-order valence-corrected chi connectivity index (χ1v) is 7.12. The second kappa shape index (κ2) is 7.95. The summed E-state index contributed by atoms with van der Waals surface area (Å²) in [5, 5.41) is 22.6. The molecule has 10 heteroatoms. The van der Waals surface area contributed by atoms with Gasteiger partial charge in [0.1, 0.15) is 0 Å². The summed E-state index contributed by atoms with van der Waals surface area (Å²) in [5.74, 6) is -1.75. The number of aromatic nitrogens is 1. The van der Waals surface area contributed by atoms with Gasteiger partial charge < -0.3 is 20.4 Å².